The molecule has 1 aromatic carbocycles. The molecule has 3 rings (SSSR count). The number of nitrogens with one attached hydrogen (secondary N) is 5. The maximum Gasteiger partial charge on any atom is 0.225 e. The van der Waals surface area contributed by atoms with Gasteiger partial charge in [0.25, 0.3) is 0 Å². The summed E-state index contributed by atoms with van der Waals surface area (Å²) < 4.78 is 0. The highest BCUT2D eigenvalue weighted by Gasteiger charge is 2.11. The number of nitrogens with zero attached hydrogens (tertiary/aromatic N) is 2. The van der Waals surface area contributed by atoms with Crippen molar-refractivity contribution in [3.8, 4) is 0 Å². The molecule has 0 aliphatic heterocycles. The van der Waals surface area contributed by atoms with Crippen LogP contribution in [0.15, 0.2) is 30.3 Å². The lowest BCUT2D eigenvalue weighted by Gasteiger charge is -2.22. The highest BCUT2D eigenvalue weighted by atomic mass is 16.1. The molecule has 5 N–H and O–H groups in total. The lowest BCUT2D eigenvalue weighted by atomic mass is 9.95. The molecule has 0 saturated heterocycles. The Hall–Kier alpha value is -2.71. The Labute approximate surface area is 229 Å². The summed E-state index contributed by atoms with van der Waals surface area (Å²) in [5.74, 6) is 1.55. The van der Waals surface area contributed by atoms with E-state index >= 15 is 0 Å². The van der Waals surface area contributed by atoms with Gasteiger partial charge in [0, 0.05) is 50.4 Å². The fourth-order valence-corrected chi connectivity index (χ4v) is 4.71. The van der Waals surface area contributed by atoms with Gasteiger partial charge in [-0.3, -0.25) is 4.79 Å². The molecule has 1 amide bonds. The van der Waals surface area contributed by atoms with Crippen LogP contribution in [0.1, 0.15) is 88.0 Å². The van der Waals surface area contributed by atoms with Crippen LogP contribution in [-0.4, -0.2) is 48.1 Å². The molecule has 1 saturated carbocycles. The van der Waals surface area contributed by atoms with Crippen molar-refractivity contribution in [1.29, 1.82) is 0 Å². The number of carbonyl (C=O) groups excluding carboxylic acids is 1. The van der Waals surface area contributed by atoms with Crippen LogP contribution in [0.3, 0.4) is 0 Å². The van der Waals surface area contributed by atoms with E-state index in [9.17, 15) is 4.79 Å². The van der Waals surface area contributed by atoms with Crippen molar-refractivity contribution in [2.75, 3.05) is 36.8 Å². The third-order valence-corrected chi connectivity index (χ3v) is 6.96. The van der Waals surface area contributed by atoms with Crippen LogP contribution in [-0.2, 0) is 17.9 Å². The molecule has 38 heavy (non-hydrogen) atoms. The van der Waals surface area contributed by atoms with Gasteiger partial charge in [0.05, 0.1) is 0 Å². The topological polar surface area (TPSA) is 103 Å². The van der Waals surface area contributed by atoms with Crippen molar-refractivity contribution in [1.82, 2.24) is 25.9 Å². The summed E-state index contributed by atoms with van der Waals surface area (Å²) >= 11 is 0. The van der Waals surface area contributed by atoms with E-state index in [0.29, 0.717) is 25.5 Å². The molecular weight excluding hydrogens is 474 g/mol. The van der Waals surface area contributed by atoms with Crippen molar-refractivity contribution in [3.05, 3.63) is 47.2 Å². The highest BCUT2D eigenvalue weighted by Crippen LogP contribution is 2.17. The van der Waals surface area contributed by atoms with Gasteiger partial charge in [0.1, 0.15) is 5.82 Å². The van der Waals surface area contributed by atoms with Crippen molar-refractivity contribution < 1.29 is 4.79 Å². The summed E-state index contributed by atoms with van der Waals surface area (Å²) in [4.78, 5) is 20.8. The van der Waals surface area contributed by atoms with Crippen molar-refractivity contribution in [2.24, 2.45) is 0 Å². The molecule has 210 valence electrons. The second-order valence-corrected chi connectivity index (χ2v) is 10.4. The van der Waals surface area contributed by atoms with Gasteiger partial charge in [0.2, 0.25) is 11.9 Å². The van der Waals surface area contributed by atoms with Crippen molar-refractivity contribution in [2.45, 2.75) is 97.2 Å². The maximum absolute atomic E-state index is 11.7. The number of amides is 1. The molecule has 1 aliphatic carbocycles. The average Bonchev–Trinajstić information content (AvgIpc) is 2.93. The number of benzene rings is 1. The quantitative estimate of drug-likeness (QED) is 0.177. The number of rotatable bonds is 18. The molecule has 8 nitrogen and oxygen atoms in total. The highest BCUT2D eigenvalue weighted by molar-refractivity contribution is 5.75. The zero-order valence-electron chi connectivity index (χ0n) is 23.6. The van der Waals surface area contributed by atoms with Gasteiger partial charge in [-0.25, -0.2) is 4.98 Å². The van der Waals surface area contributed by atoms with E-state index < -0.39 is 0 Å². The number of hydrogen-bond acceptors (Lipinski definition) is 7. The summed E-state index contributed by atoms with van der Waals surface area (Å²) in [5, 5.41) is 16.9. The molecule has 8 heteroatoms. The van der Waals surface area contributed by atoms with E-state index in [1.54, 1.807) is 0 Å². The van der Waals surface area contributed by atoms with Gasteiger partial charge in [-0.1, -0.05) is 56.9 Å². The first-order chi connectivity index (χ1) is 18.6. The van der Waals surface area contributed by atoms with Gasteiger partial charge in [-0.05, 0) is 63.2 Å². The molecule has 1 heterocycles. The first-order valence-corrected chi connectivity index (χ1v) is 14.7. The monoisotopic (exact) mass is 523 g/mol. The summed E-state index contributed by atoms with van der Waals surface area (Å²) in [5.41, 5.74) is 3.41. The van der Waals surface area contributed by atoms with Crippen LogP contribution in [0.2, 0.25) is 0 Å². The van der Waals surface area contributed by atoms with Crippen LogP contribution in [0.25, 0.3) is 0 Å². The third-order valence-electron chi connectivity index (χ3n) is 6.96. The second-order valence-electron chi connectivity index (χ2n) is 10.4. The number of unbranched alkanes of at least 4 members (excludes halogenated alkanes) is 1. The average molecular weight is 524 g/mol. The standard InChI is InChI=1S/C30H49N7O/c1-3-4-12-29(38)34-20-9-19-33-28-21-24(2)36-30(37-28)35-23-26-15-13-25(14-16-26)22-31-17-8-18-32-27-10-6-5-7-11-27/h13-16,21,27,31-32H,3-12,17-20,22-23H2,1-2H3,(H,34,38)(H2,33,35,36,37). The Morgan fingerprint density at radius 1 is 0.868 bits per heavy atom. The molecule has 0 bridgehead atoms. The molecule has 0 unspecified atom stereocenters. The number of aromatic nitrogens is 2. The Kier molecular flexibility index (Phi) is 13.9. The lowest BCUT2D eigenvalue weighted by Crippen LogP contribution is -2.33. The molecule has 1 aromatic heterocycles. The lowest BCUT2D eigenvalue weighted by molar-refractivity contribution is -0.121. The maximum atomic E-state index is 11.7. The van der Waals surface area contributed by atoms with Crippen LogP contribution in [0, 0.1) is 6.92 Å². The summed E-state index contributed by atoms with van der Waals surface area (Å²) in [6.45, 7) is 9.21. The first-order valence-electron chi connectivity index (χ1n) is 14.7. The zero-order valence-corrected chi connectivity index (χ0v) is 23.6. The molecule has 2 aromatic rings. The first kappa shape index (κ1) is 29.8. The minimum absolute atomic E-state index is 0.137. The zero-order chi connectivity index (χ0) is 26.8. The molecular formula is C30H49N7O. The summed E-state index contributed by atoms with van der Waals surface area (Å²) in [7, 11) is 0. The van der Waals surface area contributed by atoms with Crippen LogP contribution in [0.4, 0.5) is 11.8 Å². The predicted molar refractivity (Wildman–Crippen MR) is 157 cm³/mol. The fourth-order valence-electron chi connectivity index (χ4n) is 4.71. The predicted octanol–water partition coefficient (Wildman–Crippen LogP) is 4.91. The Balaban J connectivity index is 1.30. The Morgan fingerprint density at radius 2 is 1.61 bits per heavy atom. The Morgan fingerprint density at radius 3 is 2.37 bits per heavy atom. The smallest absolute Gasteiger partial charge is 0.225 e. The van der Waals surface area contributed by atoms with Crippen molar-refractivity contribution in [3.63, 3.8) is 0 Å². The molecule has 0 atom stereocenters. The van der Waals surface area contributed by atoms with Gasteiger partial charge in [-0.2, -0.15) is 4.98 Å². The minimum atomic E-state index is 0.137. The van der Waals surface area contributed by atoms with E-state index in [1.807, 2.05) is 13.0 Å². The van der Waals surface area contributed by atoms with Crippen LogP contribution in [0.5, 0.6) is 0 Å². The van der Waals surface area contributed by atoms with Crippen LogP contribution >= 0.6 is 0 Å². The number of hydrogen-bond donors (Lipinski definition) is 5. The van der Waals surface area contributed by atoms with E-state index in [-0.39, 0.29) is 5.91 Å². The fraction of sp³-hybridized carbons (Fsp3) is 0.633. The molecule has 0 spiro atoms. The van der Waals surface area contributed by atoms with Gasteiger partial charge >= 0.3 is 0 Å². The van der Waals surface area contributed by atoms with Gasteiger partial charge in [0.15, 0.2) is 0 Å². The van der Waals surface area contributed by atoms with E-state index in [0.717, 1.165) is 63.0 Å². The van der Waals surface area contributed by atoms with E-state index in [2.05, 4.69) is 67.7 Å². The van der Waals surface area contributed by atoms with E-state index in [4.69, 9.17) is 0 Å². The summed E-state index contributed by atoms with van der Waals surface area (Å²) in [6.07, 6.45) is 11.5. The second kappa shape index (κ2) is 17.7. The van der Waals surface area contributed by atoms with Crippen molar-refractivity contribution >= 4 is 17.7 Å². The Bertz CT molecular complexity index is 929. The van der Waals surface area contributed by atoms with E-state index in [1.165, 1.54) is 49.7 Å². The SMILES string of the molecule is CCCCC(=O)NCCCNc1cc(C)nc(NCc2ccc(CNCCCNC3CCCCC3)cc2)n1. The molecule has 1 fully saturated rings. The number of anilines is 2. The summed E-state index contributed by atoms with van der Waals surface area (Å²) in [6, 6.07) is 11.4. The van der Waals surface area contributed by atoms with Crippen LogP contribution < -0.4 is 26.6 Å². The minimum Gasteiger partial charge on any atom is -0.370 e. The van der Waals surface area contributed by atoms with Gasteiger partial charge < -0.3 is 26.6 Å². The molecule has 1 aliphatic rings. The third kappa shape index (κ3) is 12.2. The normalized spacial score (nSPS) is 13.8. The number of aryl methyl sites for hydroxylation is 1. The largest absolute Gasteiger partial charge is 0.370 e. The van der Waals surface area contributed by atoms with Gasteiger partial charge in [-0.15, -0.1) is 0 Å². The number of carbonyl (C=O) groups is 1. The molecule has 0 radical (unpaired) electrons.